The summed E-state index contributed by atoms with van der Waals surface area (Å²) in [4.78, 5) is 2.12. The van der Waals surface area contributed by atoms with Crippen molar-refractivity contribution in [3.05, 3.63) is 23.8 Å². The Kier molecular flexibility index (Phi) is 2.36. The van der Waals surface area contributed by atoms with Crippen molar-refractivity contribution >= 4 is 5.69 Å². The van der Waals surface area contributed by atoms with Crippen LogP contribution in [0.2, 0.25) is 0 Å². The maximum atomic E-state index is 5.74. The average Bonchev–Trinajstić information content (AvgIpc) is 2.92. The lowest BCUT2D eigenvalue weighted by Gasteiger charge is -2.17. The van der Waals surface area contributed by atoms with Crippen molar-refractivity contribution in [1.82, 2.24) is 0 Å². The summed E-state index contributed by atoms with van der Waals surface area (Å²) < 4.78 is 5.74. The third-order valence-electron chi connectivity index (χ3n) is 2.49. The number of hydrogen-bond donors (Lipinski definition) is 0. The van der Waals surface area contributed by atoms with Gasteiger partial charge in [0.1, 0.15) is 5.75 Å². The Hall–Kier alpha value is -1.18. The van der Waals surface area contributed by atoms with Gasteiger partial charge in [0.2, 0.25) is 0 Å². The predicted molar refractivity (Wildman–Crippen MR) is 59.2 cm³/mol. The zero-order chi connectivity index (χ0) is 10.1. The first-order chi connectivity index (χ1) is 6.66. The predicted octanol–water partition coefficient (Wildman–Crippen LogP) is 2.60. The highest BCUT2D eigenvalue weighted by Crippen LogP contribution is 2.30. The van der Waals surface area contributed by atoms with Crippen LogP contribution in [-0.2, 0) is 0 Å². The van der Waals surface area contributed by atoms with Crippen LogP contribution in [0.1, 0.15) is 18.4 Å². The van der Waals surface area contributed by atoms with Crippen LogP contribution in [0.15, 0.2) is 18.2 Å². The first-order valence-corrected chi connectivity index (χ1v) is 5.11. The maximum absolute atomic E-state index is 5.74. The number of ether oxygens (including phenoxy) is 1. The fourth-order valence-electron chi connectivity index (χ4n) is 1.52. The van der Waals surface area contributed by atoms with Crippen molar-refractivity contribution in [3.8, 4) is 5.75 Å². The van der Waals surface area contributed by atoms with E-state index >= 15 is 0 Å². The molecule has 1 aliphatic carbocycles. The molecule has 1 fully saturated rings. The molecule has 1 aromatic carbocycles. The molecule has 0 N–H and O–H groups in total. The Labute approximate surface area is 85.5 Å². The smallest absolute Gasteiger partial charge is 0.121 e. The van der Waals surface area contributed by atoms with E-state index in [0.717, 1.165) is 5.75 Å². The number of rotatable bonds is 3. The van der Waals surface area contributed by atoms with Gasteiger partial charge >= 0.3 is 0 Å². The fraction of sp³-hybridized carbons (Fsp3) is 0.500. The Balaban J connectivity index is 2.20. The molecule has 0 atom stereocenters. The normalized spacial score (nSPS) is 15.4. The molecule has 1 saturated carbocycles. The number of benzene rings is 1. The summed E-state index contributed by atoms with van der Waals surface area (Å²) in [5.74, 6) is 1.00. The van der Waals surface area contributed by atoms with Crippen molar-refractivity contribution in [1.29, 1.82) is 0 Å². The highest BCUT2D eigenvalue weighted by Gasteiger charge is 2.23. The molecule has 2 rings (SSSR count). The van der Waals surface area contributed by atoms with Crippen molar-refractivity contribution in [2.75, 3.05) is 19.0 Å². The Morgan fingerprint density at radius 3 is 2.57 bits per heavy atom. The molecule has 1 aromatic rings. The summed E-state index contributed by atoms with van der Waals surface area (Å²) in [6.45, 7) is 2.12. The molecule has 0 radical (unpaired) electrons. The van der Waals surface area contributed by atoms with Crippen LogP contribution in [0.4, 0.5) is 5.69 Å². The molecule has 14 heavy (non-hydrogen) atoms. The summed E-state index contributed by atoms with van der Waals surface area (Å²) in [6, 6.07) is 6.29. The highest BCUT2D eigenvalue weighted by molar-refractivity contribution is 5.55. The lowest BCUT2D eigenvalue weighted by Crippen LogP contribution is -2.10. The molecule has 0 unspecified atom stereocenters. The molecule has 2 heteroatoms. The third kappa shape index (κ3) is 2.00. The van der Waals surface area contributed by atoms with E-state index in [0.29, 0.717) is 6.10 Å². The van der Waals surface area contributed by atoms with Crippen LogP contribution in [0.25, 0.3) is 0 Å². The molecule has 0 spiro atoms. The Morgan fingerprint density at radius 1 is 1.29 bits per heavy atom. The van der Waals surface area contributed by atoms with Crippen molar-refractivity contribution < 1.29 is 4.74 Å². The molecule has 76 valence electrons. The minimum Gasteiger partial charge on any atom is -0.490 e. The van der Waals surface area contributed by atoms with E-state index in [1.54, 1.807) is 0 Å². The van der Waals surface area contributed by atoms with E-state index in [1.807, 2.05) is 0 Å². The minimum absolute atomic E-state index is 0.479. The van der Waals surface area contributed by atoms with E-state index < -0.39 is 0 Å². The number of hydrogen-bond acceptors (Lipinski definition) is 2. The van der Waals surface area contributed by atoms with E-state index in [2.05, 4.69) is 44.1 Å². The molecule has 0 saturated heterocycles. The van der Waals surface area contributed by atoms with Crippen LogP contribution in [0.3, 0.4) is 0 Å². The highest BCUT2D eigenvalue weighted by atomic mass is 16.5. The van der Waals surface area contributed by atoms with Crippen LogP contribution < -0.4 is 9.64 Å². The second kappa shape index (κ2) is 3.52. The number of aryl methyl sites for hydroxylation is 1. The van der Waals surface area contributed by atoms with Gasteiger partial charge in [0, 0.05) is 25.8 Å². The molecule has 0 bridgehead atoms. The first-order valence-electron chi connectivity index (χ1n) is 5.11. The minimum atomic E-state index is 0.479. The third-order valence-corrected chi connectivity index (χ3v) is 2.49. The maximum Gasteiger partial charge on any atom is 0.121 e. The molecule has 0 aliphatic heterocycles. The van der Waals surface area contributed by atoms with Crippen LogP contribution >= 0.6 is 0 Å². The van der Waals surface area contributed by atoms with Gasteiger partial charge in [-0.25, -0.2) is 0 Å². The van der Waals surface area contributed by atoms with E-state index in [-0.39, 0.29) is 0 Å². The van der Waals surface area contributed by atoms with Gasteiger partial charge in [0.15, 0.2) is 0 Å². The van der Waals surface area contributed by atoms with Crippen molar-refractivity contribution in [2.45, 2.75) is 25.9 Å². The average molecular weight is 191 g/mol. The van der Waals surface area contributed by atoms with Crippen LogP contribution in [0.5, 0.6) is 5.75 Å². The quantitative estimate of drug-likeness (QED) is 0.728. The fourth-order valence-corrected chi connectivity index (χ4v) is 1.52. The van der Waals surface area contributed by atoms with Gasteiger partial charge in [0.25, 0.3) is 0 Å². The summed E-state index contributed by atoms with van der Waals surface area (Å²) in [7, 11) is 4.12. The van der Waals surface area contributed by atoms with Gasteiger partial charge in [-0.1, -0.05) is 6.07 Å². The van der Waals surface area contributed by atoms with Crippen LogP contribution in [-0.4, -0.2) is 20.2 Å². The van der Waals surface area contributed by atoms with Gasteiger partial charge < -0.3 is 9.64 Å². The van der Waals surface area contributed by atoms with Gasteiger partial charge in [-0.05, 0) is 31.4 Å². The Bertz CT molecular complexity index is 329. The summed E-state index contributed by atoms with van der Waals surface area (Å²) in [5, 5.41) is 0. The van der Waals surface area contributed by atoms with Crippen molar-refractivity contribution in [2.24, 2.45) is 0 Å². The lowest BCUT2D eigenvalue weighted by atomic mass is 10.2. The zero-order valence-electron chi connectivity index (χ0n) is 9.08. The summed E-state index contributed by atoms with van der Waals surface area (Å²) >= 11 is 0. The van der Waals surface area contributed by atoms with Crippen LogP contribution in [0, 0.1) is 6.92 Å². The molecular weight excluding hydrogens is 174 g/mol. The monoisotopic (exact) mass is 191 g/mol. The lowest BCUT2D eigenvalue weighted by molar-refractivity contribution is 0.303. The summed E-state index contributed by atoms with van der Waals surface area (Å²) in [6.07, 6.45) is 2.91. The molecule has 0 heterocycles. The number of anilines is 1. The zero-order valence-corrected chi connectivity index (χ0v) is 9.08. The van der Waals surface area contributed by atoms with E-state index in [9.17, 15) is 0 Å². The van der Waals surface area contributed by atoms with Crippen molar-refractivity contribution in [3.63, 3.8) is 0 Å². The molecule has 1 aliphatic rings. The van der Waals surface area contributed by atoms with Gasteiger partial charge in [-0.3, -0.25) is 0 Å². The second-order valence-electron chi connectivity index (χ2n) is 4.16. The van der Waals surface area contributed by atoms with Gasteiger partial charge in [0.05, 0.1) is 6.10 Å². The molecule has 0 aromatic heterocycles. The number of nitrogens with zero attached hydrogens (tertiary/aromatic N) is 1. The van der Waals surface area contributed by atoms with Gasteiger partial charge in [-0.2, -0.15) is 0 Å². The van der Waals surface area contributed by atoms with Gasteiger partial charge in [-0.15, -0.1) is 0 Å². The topological polar surface area (TPSA) is 12.5 Å². The standard InChI is InChI=1S/C12H17NO/c1-9-4-5-11(14-10-6-7-10)8-12(9)13(2)3/h4-5,8,10H,6-7H2,1-3H3. The molecular formula is C12H17NO. The van der Waals surface area contributed by atoms with E-state index in [1.165, 1.54) is 24.1 Å². The largest absolute Gasteiger partial charge is 0.490 e. The van der Waals surface area contributed by atoms with E-state index in [4.69, 9.17) is 4.74 Å². The summed E-state index contributed by atoms with van der Waals surface area (Å²) in [5.41, 5.74) is 2.53. The second-order valence-corrected chi connectivity index (χ2v) is 4.16. The first kappa shape index (κ1) is 9.38. The SMILES string of the molecule is Cc1ccc(OC2CC2)cc1N(C)C. The molecule has 2 nitrogen and oxygen atoms in total. The Morgan fingerprint density at radius 2 is 2.00 bits per heavy atom. The molecule has 0 amide bonds.